The van der Waals surface area contributed by atoms with Gasteiger partial charge in [0.15, 0.2) is 0 Å². The highest BCUT2D eigenvalue weighted by Crippen LogP contribution is 2.52. The summed E-state index contributed by atoms with van der Waals surface area (Å²) in [4.78, 5) is 0. The lowest BCUT2D eigenvalue weighted by atomic mass is 9.55. The van der Waals surface area contributed by atoms with Crippen molar-refractivity contribution < 1.29 is 5.11 Å². The second kappa shape index (κ2) is 4.90. The summed E-state index contributed by atoms with van der Waals surface area (Å²) < 4.78 is 0. The van der Waals surface area contributed by atoms with E-state index in [1.54, 1.807) is 0 Å². The zero-order valence-electron chi connectivity index (χ0n) is 13.4. The molecule has 1 rings (SSSR count). The van der Waals surface area contributed by atoms with Crippen molar-refractivity contribution in [1.82, 2.24) is 0 Å². The number of aliphatic hydroxyl groups excluding tert-OH is 1. The molecule has 1 heteroatoms. The van der Waals surface area contributed by atoms with E-state index in [1.807, 2.05) is 0 Å². The van der Waals surface area contributed by atoms with Crippen LogP contribution >= 0.6 is 0 Å². The van der Waals surface area contributed by atoms with Gasteiger partial charge in [-0.15, -0.1) is 0 Å². The van der Waals surface area contributed by atoms with Crippen LogP contribution in [0.3, 0.4) is 0 Å². The average molecular weight is 252 g/mol. The van der Waals surface area contributed by atoms with Gasteiger partial charge in [0.1, 0.15) is 0 Å². The minimum atomic E-state index is 0.287. The molecule has 0 aromatic heterocycles. The molecule has 106 valence electrons. The molecule has 18 heavy (non-hydrogen) atoms. The monoisotopic (exact) mass is 252 g/mol. The van der Waals surface area contributed by atoms with Gasteiger partial charge in [-0.05, 0) is 41.4 Å². The SMILES string of the molecule is C=C(O)C1CC(C(C)(C)C)C(C)C(C(C)(C)C)C1. The van der Waals surface area contributed by atoms with E-state index in [0.29, 0.717) is 34.3 Å². The first-order valence-electron chi connectivity index (χ1n) is 7.32. The van der Waals surface area contributed by atoms with Gasteiger partial charge >= 0.3 is 0 Å². The molecule has 2 atom stereocenters. The van der Waals surface area contributed by atoms with Crippen molar-refractivity contribution in [1.29, 1.82) is 0 Å². The van der Waals surface area contributed by atoms with Crippen molar-refractivity contribution in [2.75, 3.05) is 0 Å². The third-order valence-corrected chi connectivity index (χ3v) is 5.04. The minimum absolute atomic E-state index is 0.287. The molecule has 0 radical (unpaired) electrons. The van der Waals surface area contributed by atoms with Crippen LogP contribution in [0.1, 0.15) is 61.3 Å². The fraction of sp³-hybridized carbons (Fsp3) is 0.882. The van der Waals surface area contributed by atoms with Gasteiger partial charge in [0.2, 0.25) is 0 Å². The van der Waals surface area contributed by atoms with Crippen LogP contribution in [0.15, 0.2) is 12.3 Å². The van der Waals surface area contributed by atoms with E-state index in [-0.39, 0.29) is 5.92 Å². The fourth-order valence-corrected chi connectivity index (χ4v) is 3.98. The molecular formula is C17H32O. The molecule has 0 saturated heterocycles. The van der Waals surface area contributed by atoms with Gasteiger partial charge < -0.3 is 5.11 Å². The van der Waals surface area contributed by atoms with Crippen LogP contribution in [-0.4, -0.2) is 5.11 Å². The van der Waals surface area contributed by atoms with E-state index in [1.165, 1.54) is 0 Å². The van der Waals surface area contributed by atoms with E-state index in [2.05, 4.69) is 55.0 Å². The molecule has 2 unspecified atom stereocenters. The van der Waals surface area contributed by atoms with E-state index in [9.17, 15) is 5.11 Å². The molecule has 1 aliphatic carbocycles. The normalized spacial score (nSPS) is 34.4. The number of hydrogen-bond donors (Lipinski definition) is 1. The molecule has 0 bridgehead atoms. The molecule has 0 aliphatic heterocycles. The lowest BCUT2D eigenvalue weighted by Crippen LogP contribution is -2.43. The number of hydrogen-bond acceptors (Lipinski definition) is 1. The summed E-state index contributed by atoms with van der Waals surface area (Å²) in [6, 6.07) is 0. The van der Waals surface area contributed by atoms with Gasteiger partial charge in [0.05, 0.1) is 5.76 Å². The van der Waals surface area contributed by atoms with E-state index in [4.69, 9.17) is 0 Å². The predicted molar refractivity (Wildman–Crippen MR) is 79.5 cm³/mol. The van der Waals surface area contributed by atoms with Crippen molar-refractivity contribution in [3.05, 3.63) is 12.3 Å². The summed E-state index contributed by atoms with van der Waals surface area (Å²) in [5, 5.41) is 9.84. The molecule has 1 saturated carbocycles. The fourth-order valence-electron chi connectivity index (χ4n) is 3.98. The van der Waals surface area contributed by atoms with E-state index >= 15 is 0 Å². The first-order valence-corrected chi connectivity index (χ1v) is 7.32. The smallest absolute Gasteiger partial charge is 0.0882 e. The lowest BCUT2D eigenvalue weighted by Gasteiger charge is -2.50. The molecule has 1 nitrogen and oxygen atoms in total. The summed E-state index contributed by atoms with van der Waals surface area (Å²) in [5.74, 6) is 2.70. The highest BCUT2D eigenvalue weighted by molar-refractivity contribution is 5.00. The van der Waals surface area contributed by atoms with Crippen LogP contribution < -0.4 is 0 Å². The Hall–Kier alpha value is -0.460. The maximum Gasteiger partial charge on any atom is 0.0882 e. The Morgan fingerprint density at radius 2 is 1.28 bits per heavy atom. The van der Waals surface area contributed by atoms with Crippen LogP contribution in [0.4, 0.5) is 0 Å². The Morgan fingerprint density at radius 3 is 1.50 bits per heavy atom. The van der Waals surface area contributed by atoms with Gasteiger partial charge in [-0.1, -0.05) is 55.0 Å². The first kappa shape index (κ1) is 15.6. The molecule has 0 amide bonds. The third kappa shape index (κ3) is 3.30. The van der Waals surface area contributed by atoms with Gasteiger partial charge in [-0.3, -0.25) is 0 Å². The van der Waals surface area contributed by atoms with Crippen molar-refractivity contribution >= 4 is 0 Å². The summed E-state index contributed by atoms with van der Waals surface area (Å²) >= 11 is 0. The zero-order valence-corrected chi connectivity index (χ0v) is 13.4. The maximum atomic E-state index is 9.84. The quantitative estimate of drug-likeness (QED) is 0.617. The molecule has 0 aromatic carbocycles. The van der Waals surface area contributed by atoms with Crippen LogP contribution in [-0.2, 0) is 0 Å². The Morgan fingerprint density at radius 1 is 0.944 bits per heavy atom. The third-order valence-electron chi connectivity index (χ3n) is 5.04. The predicted octanol–water partition coefficient (Wildman–Crippen LogP) is 5.43. The molecule has 0 spiro atoms. The van der Waals surface area contributed by atoms with Crippen LogP contribution in [0.5, 0.6) is 0 Å². The van der Waals surface area contributed by atoms with Crippen molar-refractivity contribution in [3.8, 4) is 0 Å². The number of rotatable bonds is 1. The van der Waals surface area contributed by atoms with E-state index < -0.39 is 0 Å². The standard InChI is InChI=1S/C17H32O/c1-11-14(16(3,4)5)9-13(12(2)18)10-15(11)17(6,7)8/h11,13-15,18H,2,9-10H2,1,3-8H3. The molecular weight excluding hydrogens is 220 g/mol. The Kier molecular flexibility index (Phi) is 4.25. The molecule has 0 heterocycles. The van der Waals surface area contributed by atoms with Crippen LogP contribution in [0.25, 0.3) is 0 Å². The van der Waals surface area contributed by atoms with Crippen molar-refractivity contribution in [3.63, 3.8) is 0 Å². The Bertz CT molecular complexity index is 279. The summed E-state index contributed by atoms with van der Waals surface area (Å²) in [6.45, 7) is 20.2. The number of allylic oxidation sites excluding steroid dienone is 1. The Balaban J connectivity index is 3.04. The van der Waals surface area contributed by atoms with Gasteiger partial charge in [-0.25, -0.2) is 0 Å². The van der Waals surface area contributed by atoms with Gasteiger partial charge in [0.25, 0.3) is 0 Å². The summed E-state index contributed by atoms with van der Waals surface area (Å²) in [7, 11) is 0. The summed E-state index contributed by atoms with van der Waals surface area (Å²) in [6.07, 6.45) is 2.18. The highest BCUT2D eigenvalue weighted by atomic mass is 16.3. The molecule has 1 aliphatic rings. The topological polar surface area (TPSA) is 20.2 Å². The van der Waals surface area contributed by atoms with Crippen LogP contribution in [0.2, 0.25) is 0 Å². The highest BCUT2D eigenvalue weighted by Gasteiger charge is 2.45. The van der Waals surface area contributed by atoms with Crippen molar-refractivity contribution in [2.24, 2.45) is 34.5 Å². The lowest BCUT2D eigenvalue weighted by molar-refractivity contribution is -0.00828. The second-order valence-corrected chi connectivity index (χ2v) is 8.46. The molecule has 1 N–H and O–H groups in total. The average Bonchev–Trinajstić information content (AvgIpc) is 2.13. The first-order chi connectivity index (χ1) is 7.94. The van der Waals surface area contributed by atoms with Crippen molar-refractivity contribution in [2.45, 2.75) is 61.3 Å². The second-order valence-electron chi connectivity index (χ2n) is 8.46. The van der Waals surface area contributed by atoms with E-state index in [0.717, 1.165) is 12.8 Å². The zero-order chi connectivity index (χ0) is 14.3. The molecule has 1 fully saturated rings. The maximum absolute atomic E-state index is 9.84. The summed E-state index contributed by atoms with van der Waals surface area (Å²) in [5.41, 5.74) is 0.605. The van der Waals surface area contributed by atoms with Gasteiger partial charge in [-0.2, -0.15) is 0 Å². The van der Waals surface area contributed by atoms with Crippen LogP contribution in [0, 0.1) is 34.5 Å². The number of aliphatic hydroxyl groups is 1. The largest absolute Gasteiger partial charge is 0.513 e. The Labute approximate surface area is 114 Å². The molecule has 0 aromatic rings. The van der Waals surface area contributed by atoms with Gasteiger partial charge in [0, 0.05) is 5.92 Å². The minimum Gasteiger partial charge on any atom is -0.513 e.